The summed E-state index contributed by atoms with van der Waals surface area (Å²) < 4.78 is 0. The highest BCUT2D eigenvalue weighted by atomic mass is 32.1. The molecule has 1 saturated heterocycles. The van der Waals surface area contributed by atoms with Crippen LogP contribution in [0.4, 0.5) is 0 Å². The van der Waals surface area contributed by atoms with Crippen molar-refractivity contribution in [1.82, 2.24) is 20.2 Å². The molecule has 1 fully saturated rings. The summed E-state index contributed by atoms with van der Waals surface area (Å²) in [5, 5.41) is 4.27. The van der Waals surface area contributed by atoms with Crippen molar-refractivity contribution in [3.63, 3.8) is 0 Å². The van der Waals surface area contributed by atoms with Gasteiger partial charge in [-0.2, -0.15) is 0 Å². The molecule has 5 nitrogen and oxygen atoms in total. The second-order valence-electron chi connectivity index (χ2n) is 6.01. The van der Waals surface area contributed by atoms with E-state index in [0.717, 1.165) is 31.1 Å². The van der Waals surface area contributed by atoms with Gasteiger partial charge in [0, 0.05) is 42.9 Å². The van der Waals surface area contributed by atoms with Crippen molar-refractivity contribution in [1.29, 1.82) is 0 Å². The first-order valence-corrected chi connectivity index (χ1v) is 8.51. The molecule has 1 amide bonds. The molecule has 1 aliphatic heterocycles. The number of carbonyl (C=O) groups excluding carboxylic acids is 1. The summed E-state index contributed by atoms with van der Waals surface area (Å²) in [4.78, 5) is 23.2. The summed E-state index contributed by atoms with van der Waals surface area (Å²) in [6, 6.07) is 3.90. The Morgan fingerprint density at radius 3 is 3.09 bits per heavy atom. The largest absolute Gasteiger partial charge is 0.357 e. The lowest BCUT2D eigenvalue weighted by Crippen LogP contribution is -2.49. The zero-order valence-corrected chi connectivity index (χ0v) is 13.8. The summed E-state index contributed by atoms with van der Waals surface area (Å²) in [7, 11) is 0. The van der Waals surface area contributed by atoms with Crippen LogP contribution in [0.25, 0.3) is 0 Å². The highest BCUT2D eigenvalue weighted by molar-refractivity contribution is 7.11. The lowest BCUT2D eigenvalue weighted by atomic mass is 9.93. The minimum absolute atomic E-state index is 0.00613. The average molecular weight is 318 g/mol. The van der Waals surface area contributed by atoms with Crippen LogP contribution in [0.2, 0.25) is 0 Å². The fourth-order valence-corrected chi connectivity index (χ4v) is 3.84. The third-order valence-electron chi connectivity index (χ3n) is 4.20. The molecule has 0 spiro atoms. The van der Waals surface area contributed by atoms with Crippen LogP contribution in [0.1, 0.15) is 33.7 Å². The van der Waals surface area contributed by atoms with E-state index in [-0.39, 0.29) is 11.9 Å². The van der Waals surface area contributed by atoms with Gasteiger partial charge in [0.15, 0.2) is 0 Å². The highest BCUT2D eigenvalue weighted by Gasteiger charge is 2.27. The van der Waals surface area contributed by atoms with Crippen LogP contribution in [-0.4, -0.2) is 39.9 Å². The zero-order valence-electron chi connectivity index (χ0n) is 13.0. The van der Waals surface area contributed by atoms with Gasteiger partial charge in [0.05, 0.1) is 5.01 Å². The number of hydrogen-bond acceptors (Lipinski definition) is 4. The number of nitrogens with zero attached hydrogens (tertiary/aromatic N) is 2. The molecule has 2 aromatic rings. The normalized spacial score (nSPS) is 22.6. The number of aromatic nitrogens is 2. The zero-order chi connectivity index (χ0) is 15.5. The number of aromatic amines is 1. The number of piperidine rings is 1. The molecule has 0 aromatic carbocycles. The molecule has 0 bridgehead atoms. The molecule has 1 aliphatic rings. The minimum atomic E-state index is -0.00613. The van der Waals surface area contributed by atoms with E-state index in [4.69, 9.17) is 0 Å². The van der Waals surface area contributed by atoms with Crippen molar-refractivity contribution in [3.8, 4) is 0 Å². The number of hydrogen-bond donors (Lipinski definition) is 2. The van der Waals surface area contributed by atoms with Gasteiger partial charge < -0.3 is 10.3 Å². The fraction of sp³-hybridized carbons (Fsp3) is 0.500. The molecule has 2 N–H and O–H groups in total. The number of likely N-dealkylation sites (tertiary alicyclic amines) is 1. The Kier molecular flexibility index (Phi) is 4.59. The van der Waals surface area contributed by atoms with Crippen molar-refractivity contribution < 1.29 is 4.79 Å². The van der Waals surface area contributed by atoms with Gasteiger partial charge in [0.25, 0.3) is 5.91 Å². The van der Waals surface area contributed by atoms with E-state index in [1.54, 1.807) is 23.6 Å². The Morgan fingerprint density at radius 2 is 2.45 bits per heavy atom. The van der Waals surface area contributed by atoms with Crippen LogP contribution >= 0.6 is 11.3 Å². The molecule has 2 aromatic heterocycles. The number of aryl methyl sites for hydroxylation is 1. The molecule has 22 heavy (non-hydrogen) atoms. The van der Waals surface area contributed by atoms with Crippen LogP contribution in [-0.2, 0) is 6.54 Å². The predicted octanol–water partition coefficient (Wildman–Crippen LogP) is 2.42. The predicted molar refractivity (Wildman–Crippen MR) is 88.0 cm³/mol. The Morgan fingerprint density at radius 1 is 1.59 bits per heavy atom. The third-order valence-corrected chi connectivity index (χ3v) is 5.09. The first kappa shape index (κ1) is 15.2. The summed E-state index contributed by atoms with van der Waals surface area (Å²) in [6.07, 6.45) is 4.74. The summed E-state index contributed by atoms with van der Waals surface area (Å²) in [5.41, 5.74) is 0.634. The maximum absolute atomic E-state index is 12.1. The van der Waals surface area contributed by atoms with E-state index >= 15 is 0 Å². The van der Waals surface area contributed by atoms with E-state index in [9.17, 15) is 4.79 Å². The van der Waals surface area contributed by atoms with Gasteiger partial charge in [0.1, 0.15) is 5.69 Å². The molecule has 2 atom stereocenters. The number of carbonyl (C=O) groups is 1. The molecule has 0 aliphatic carbocycles. The molecule has 0 saturated carbocycles. The van der Waals surface area contributed by atoms with Gasteiger partial charge in [-0.05, 0) is 31.4 Å². The Labute approximate surface area is 134 Å². The van der Waals surface area contributed by atoms with E-state index in [1.807, 2.05) is 19.2 Å². The van der Waals surface area contributed by atoms with E-state index < -0.39 is 0 Å². The van der Waals surface area contributed by atoms with Gasteiger partial charge in [-0.15, -0.1) is 11.3 Å². The summed E-state index contributed by atoms with van der Waals surface area (Å²) in [5.74, 6) is 0.440. The van der Waals surface area contributed by atoms with Gasteiger partial charge in [-0.3, -0.25) is 9.69 Å². The SMILES string of the molecule is Cc1ncc(CN2CC[C@@H](NC(=O)c3ccc[nH]3)[C@@H](C)C2)s1. The van der Waals surface area contributed by atoms with Crippen LogP contribution in [0.15, 0.2) is 24.5 Å². The van der Waals surface area contributed by atoms with Gasteiger partial charge in [-0.1, -0.05) is 6.92 Å². The van der Waals surface area contributed by atoms with Gasteiger partial charge in [0.2, 0.25) is 0 Å². The number of H-pyrrole nitrogens is 1. The van der Waals surface area contributed by atoms with Crippen LogP contribution in [0.3, 0.4) is 0 Å². The Hall–Kier alpha value is -1.66. The van der Waals surface area contributed by atoms with E-state index in [1.165, 1.54) is 4.88 Å². The maximum atomic E-state index is 12.1. The van der Waals surface area contributed by atoms with E-state index in [2.05, 4.69) is 27.1 Å². The number of thiazole rings is 1. The number of rotatable bonds is 4. The smallest absolute Gasteiger partial charge is 0.267 e. The first-order valence-electron chi connectivity index (χ1n) is 7.69. The molecule has 0 unspecified atom stereocenters. The lowest BCUT2D eigenvalue weighted by molar-refractivity contribution is 0.0857. The van der Waals surface area contributed by atoms with Crippen molar-refractivity contribution in [2.24, 2.45) is 5.92 Å². The fourth-order valence-electron chi connectivity index (χ4n) is 3.01. The monoisotopic (exact) mass is 318 g/mol. The third kappa shape index (κ3) is 3.56. The minimum Gasteiger partial charge on any atom is -0.357 e. The molecule has 0 radical (unpaired) electrons. The number of nitrogens with one attached hydrogen (secondary N) is 2. The Balaban J connectivity index is 1.52. The second-order valence-corrected chi connectivity index (χ2v) is 7.33. The molecule has 118 valence electrons. The van der Waals surface area contributed by atoms with Crippen LogP contribution < -0.4 is 5.32 Å². The van der Waals surface area contributed by atoms with Crippen molar-refractivity contribution in [2.45, 2.75) is 32.9 Å². The van der Waals surface area contributed by atoms with Crippen molar-refractivity contribution >= 4 is 17.2 Å². The van der Waals surface area contributed by atoms with Crippen LogP contribution in [0.5, 0.6) is 0 Å². The average Bonchev–Trinajstić information content (AvgIpc) is 3.13. The maximum Gasteiger partial charge on any atom is 0.267 e. The second kappa shape index (κ2) is 6.62. The number of amides is 1. The summed E-state index contributed by atoms with van der Waals surface area (Å²) >= 11 is 1.77. The topological polar surface area (TPSA) is 61.0 Å². The molecular formula is C16H22N4OS. The molecule has 3 heterocycles. The Bertz CT molecular complexity index is 622. The standard InChI is InChI=1S/C16H22N4OS/c1-11-9-20(10-13-8-18-12(2)22-13)7-5-14(11)19-16(21)15-4-3-6-17-15/h3-4,6,8,11,14,17H,5,7,9-10H2,1-2H3,(H,19,21)/t11-,14+/m0/s1. The quantitative estimate of drug-likeness (QED) is 0.910. The van der Waals surface area contributed by atoms with Crippen molar-refractivity contribution in [2.75, 3.05) is 13.1 Å². The van der Waals surface area contributed by atoms with Crippen LogP contribution in [0, 0.1) is 12.8 Å². The lowest BCUT2D eigenvalue weighted by Gasteiger charge is -2.37. The van der Waals surface area contributed by atoms with Crippen molar-refractivity contribution in [3.05, 3.63) is 40.1 Å². The molecular weight excluding hydrogens is 296 g/mol. The summed E-state index contributed by atoms with van der Waals surface area (Å²) in [6.45, 7) is 7.24. The van der Waals surface area contributed by atoms with E-state index in [0.29, 0.717) is 11.6 Å². The molecule has 3 rings (SSSR count). The molecule has 6 heteroatoms. The van der Waals surface area contributed by atoms with Gasteiger partial charge >= 0.3 is 0 Å². The van der Waals surface area contributed by atoms with Gasteiger partial charge in [-0.25, -0.2) is 4.98 Å². The highest BCUT2D eigenvalue weighted by Crippen LogP contribution is 2.21. The first-order chi connectivity index (χ1) is 10.6.